The van der Waals surface area contributed by atoms with Crippen molar-refractivity contribution in [3.63, 3.8) is 0 Å². The third-order valence-corrected chi connectivity index (χ3v) is 3.55. The van der Waals surface area contributed by atoms with E-state index in [4.69, 9.17) is 18.9 Å². The van der Waals surface area contributed by atoms with Crippen molar-refractivity contribution in [2.45, 2.75) is 32.2 Å². The second-order valence-corrected chi connectivity index (χ2v) is 5.47. The van der Waals surface area contributed by atoms with Gasteiger partial charge < -0.3 is 18.9 Å². The van der Waals surface area contributed by atoms with Gasteiger partial charge in [-0.25, -0.2) is 4.79 Å². The molecule has 0 fully saturated rings. The SMILES string of the molecule is COC(=O)c1cccc(C2C=C[C@H](OC(C)=O)[C@@H](COC(C)=O)O2)c1. The van der Waals surface area contributed by atoms with Crippen LogP contribution in [0.4, 0.5) is 0 Å². The molecule has 0 N–H and O–H groups in total. The quantitative estimate of drug-likeness (QED) is 0.456. The fourth-order valence-electron chi connectivity index (χ4n) is 2.44. The van der Waals surface area contributed by atoms with E-state index in [9.17, 15) is 14.4 Å². The Morgan fingerprint density at radius 2 is 1.88 bits per heavy atom. The summed E-state index contributed by atoms with van der Waals surface area (Å²) in [5.41, 5.74) is 1.13. The van der Waals surface area contributed by atoms with Gasteiger partial charge in [-0.1, -0.05) is 18.2 Å². The maximum atomic E-state index is 11.7. The number of ether oxygens (including phenoxy) is 4. The zero-order chi connectivity index (χ0) is 18.4. The van der Waals surface area contributed by atoms with Crippen molar-refractivity contribution in [1.29, 1.82) is 0 Å². The molecule has 7 heteroatoms. The summed E-state index contributed by atoms with van der Waals surface area (Å²) in [5.74, 6) is -1.36. The van der Waals surface area contributed by atoms with Gasteiger partial charge in [-0.3, -0.25) is 9.59 Å². The Labute approximate surface area is 145 Å². The zero-order valence-electron chi connectivity index (χ0n) is 14.3. The molecule has 0 saturated heterocycles. The molecule has 1 aliphatic heterocycles. The first-order chi connectivity index (χ1) is 11.9. The average Bonchev–Trinajstić information content (AvgIpc) is 2.59. The summed E-state index contributed by atoms with van der Waals surface area (Å²) in [7, 11) is 1.31. The molecule has 0 aliphatic carbocycles. The molecule has 25 heavy (non-hydrogen) atoms. The molecule has 1 aromatic carbocycles. The second kappa shape index (κ2) is 8.43. The van der Waals surface area contributed by atoms with E-state index in [2.05, 4.69) is 0 Å². The fourth-order valence-corrected chi connectivity index (χ4v) is 2.44. The molecule has 0 aromatic heterocycles. The van der Waals surface area contributed by atoms with Crippen LogP contribution in [0.3, 0.4) is 0 Å². The number of esters is 3. The fraction of sp³-hybridized carbons (Fsp3) is 0.389. The summed E-state index contributed by atoms with van der Waals surface area (Å²) in [5, 5.41) is 0. The molecule has 0 amide bonds. The molecule has 0 spiro atoms. The van der Waals surface area contributed by atoms with Crippen LogP contribution in [0.1, 0.15) is 35.9 Å². The Bertz CT molecular complexity index is 680. The van der Waals surface area contributed by atoms with Gasteiger partial charge in [0.1, 0.15) is 24.9 Å². The largest absolute Gasteiger partial charge is 0.465 e. The Morgan fingerprint density at radius 3 is 2.52 bits per heavy atom. The summed E-state index contributed by atoms with van der Waals surface area (Å²) < 4.78 is 20.8. The predicted octanol–water partition coefficient (Wildman–Crippen LogP) is 1.96. The molecule has 1 aromatic rings. The summed E-state index contributed by atoms with van der Waals surface area (Å²) >= 11 is 0. The number of hydrogen-bond acceptors (Lipinski definition) is 7. The minimum Gasteiger partial charge on any atom is -0.465 e. The summed E-state index contributed by atoms with van der Waals surface area (Å²) in [6, 6.07) is 6.82. The molecule has 134 valence electrons. The van der Waals surface area contributed by atoms with E-state index in [1.54, 1.807) is 36.4 Å². The predicted molar refractivity (Wildman–Crippen MR) is 86.7 cm³/mol. The second-order valence-electron chi connectivity index (χ2n) is 5.47. The van der Waals surface area contributed by atoms with Crippen LogP contribution in [-0.4, -0.2) is 43.8 Å². The van der Waals surface area contributed by atoms with Gasteiger partial charge in [-0.2, -0.15) is 0 Å². The molecule has 1 unspecified atom stereocenters. The van der Waals surface area contributed by atoms with E-state index in [1.165, 1.54) is 21.0 Å². The van der Waals surface area contributed by atoms with Crippen LogP contribution in [0, 0.1) is 0 Å². The first-order valence-corrected chi connectivity index (χ1v) is 7.73. The number of carbonyl (C=O) groups excluding carboxylic acids is 3. The molecule has 2 rings (SSSR count). The van der Waals surface area contributed by atoms with Crippen LogP contribution in [0.2, 0.25) is 0 Å². The summed E-state index contributed by atoms with van der Waals surface area (Å²) in [6.07, 6.45) is 1.64. The highest BCUT2D eigenvalue weighted by atomic mass is 16.6. The third kappa shape index (κ3) is 5.15. The van der Waals surface area contributed by atoms with E-state index in [0.717, 1.165) is 5.56 Å². The molecular weight excluding hydrogens is 328 g/mol. The van der Waals surface area contributed by atoms with Crippen LogP contribution in [0.15, 0.2) is 36.4 Å². The molecular formula is C18H20O7. The van der Waals surface area contributed by atoms with Crippen molar-refractivity contribution in [3.05, 3.63) is 47.5 Å². The number of benzene rings is 1. The third-order valence-electron chi connectivity index (χ3n) is 3.55. The highest BCUT2D eigenvalue weighted by Gasteiger charge is 2.31. The Kier molecular flexibility index (Phi) is 6.30. The molecule has 0 radical (unpaired) electrons. The lowest BCUT2D eigenvalue weighted by molar-refractivity contribution is -0.163. The van der Waals surface area contributed by atoms with E-state index in [0.29, 0.717) is 5.56 Å². The minimum atomic E-state index is -0.656. The number of carbonyl (C=O) groups is 3. The smallest absolute Gasteiger partial charge is 0.337 e. The van der Waals surface area contributed by atoms with Gasteiger partial charge in [0, 0.05) is 13.8 Å². The lowest BCUT2D eigenvalue weighted by Crippen LogP contribution is -2.39. The Hall–Kier alpha value is -2.67. The van der Waals surface area contributed by atoms with E-state index >= 15 is 0 Å². The lowest BCUT2D eigenvalue weighted by Gasteiger charge is -2.31. The van der Waals surface area contributed by atoms with E-state index in [1.807, 2.05) is 0 Å². The van der Waals surface area contributed by atoms with Crippen molar-refractivity contribution in [2.24, 2.45) is 0 Å². The highest BCUT2D eigenvalue weighted by molar-refractivity contribution is 5.89. The van der Waals surface area contributed by atoms with Crippen LogP contribution >= 0.6 is 0 Å². The van der Waals surface area contributed by atoms with Crippen molar-refractivity contribution < 1.29 is 33.3 Å². The maximum Gasteiger partial charge on any atom is 0.337 e. The van der Waals surface area contributed by atoms with Crippen LogP contribution in [0.25, 0.3) is 0 Å². The molecule has 7 nitrogen and oxygen atoms in total. The number of rotatable bonds is 5. The highest BCUT2D eigenvalue weighted by Crippen LogP contribution is 2.28. The summed E-state index contributed by atoms with van der Waals surface area (Å²) in [4.78, 5) is 34.0. The van der Waals surface area contributed by atoms with Crippen LogP contribution in [-0.2, 0) is 28.5 Å². The first-order valence-electron chi connectivity index (χ1n) is 7.73. The topological polar surface area (TPSA) is 88.1 Å². The standard InChI is InChI=1S/C18H20O7/c1-11(19)23-10-17-16(24-12(2)20)8-7-15(25-17)13-5-4-6-14(9-13)18(21)22-3/h4-9,15-17H,10H2,1-3H3/t15?,16-,17+/m0/s1. The van der Waals surface area contributed by atoms with Gasteiger partial charge >= 0.3 is 17.9 Å². The van der Waals surface area contributed by atoms with Gasteiger partial charge in [0.05, 0.1) is 12.7 Å². The monoisotopic (exact) mass is 348 g/mol. The minimum absolute atomic E-state index is 0.0508. The number of methoxy groups -OCH3 is 1. The van der Waals surface area contributed by atoms with Gasteiger partial charge in [-0.05, 0) is 23.8 Å². The molecule has 0 bridgehead atoms. The molecule has 3 atom stereocenters. The molecule has 1 aliphatic rings. The molecule has 0 saturated carbocycles. The lowest BCUT2D eigenvalue weighted by atomic mass is 10.0. The Morgan fingerprint density at radius 1 is 1.12 bits per heavy atom. The van der Waals surface area contributed by atoms with Crippen molar-refractivity contribution in [3.8, 4) is 0 Å². The van der Waals surface area contributed by atoms with Crippen molar-refractivity contribution in [2.75, 3.05) is 13.7 Å². The number of hydrogen-bond donors (Lipinski definition) is 0. The van der Waals surface area contributed by atoms with Crippen LogP contribution < -0.4 is 0 Å². The van der Waals surface area contributed by atoms with Gasteiger partial charge in [-0.15, -0.1) is 0 Å². The molecule has 1 heterocycles. The van der Waals surface area contributed by atoms with Gasteiger partial charge in [0.15, 0.2) is 0 Å². The van der Waals surface area contributed by atoms with Crippen LogP contribution in [0.5, 0.6) is 0 Å². The van der Waals surface area contributed by atoms with E-state index in [-0.39, 0.29) is 6.61 Å². The van der Waals surface area contributed by atoms with E-state index < -0.39 is 36.2 Å². The zero-order valence-corrected chi connectivity index (χ0v) is 14.3. The van der Waals surface area contributed by atoms with Crippen molar-refractivity contribution in [1.82, 2.24) is 0 Å². The average molecular weight is 348 g/mol. The first kappa shape index (κ1) is 18.7. The summed E-state index contributed by atoms with van der Waals surface area (Å²) in [6.45, 7) is 2.53. The van der Waals surface area contributed by atoms with Gasteiger partial charge in [0.2, 0.25) is 0 Å². The normalized spacial score (nSPS) is 22.1. The Balaban J connectivity index is 2.20. The van der Waals surface area contributed by atoms with Crippen molar-refractivity contribution >= 4 is 17.9 Å². The van der Waals surface area contributed by atoms with Gasteiger partial charge in [0.25, 0.3) is 0 Å². The maximum absolute atomic E-state index is 11.7.